The molecule has 1 N–H and O–H groups in total. The van der Waals surface area contributed by atoms with Gasteiger partial charge in [-0.1, -0.05) is 6.07 Å². The molecule has 0 saturated carbocycles. The fourth-order valence-corrected chi connectivity index (χ4v) is 3.60. The number of amides is 1. The van der Waals surface area contributed by atoms with Gasteiger partial charge in [0.25, 0.3) is 5.91 Å². The van der Waals surface area contributed by atoms with Gasteiger partial charge in [-0.3, -0.25) is 4.79 Å². The van der Waals surface area contributed by atoms with Gasteiger partial charge in [0, 0.05) is 18.7 Å². The number of methoxy groups -OCH3 is 2. The van der Waals surface area contributed by atoms with Crippen molar-refractivity contribution < 1.29 is 18.7 Å². The summed E-state index contributed by atoms with van der Waals surface area (Å²) in [6.07, 6.45) is 2.12. The maximum atomic E-state index is 14.4. The number of hydrogen-bond acceptors (Lipinski definition) is 4. The summed E-state index contributed by atoms with van der Waals surface area (Å²) >= 11 is 3.37. The number of hydrogen-bond donors (Lipinski definition) is 1. The highest BCUT2D eigenvalue weighted by molar-refractivity contribution is 9.10. The maximum absolute atomic E-state index is 14.4. The smallest absolute Gasteiger partial charge is 0.256 e. The van der Waals surface area contributed by atoms with E-state index in [-0.39, 0.29) is 5.69 Å². The lowest BCUT2D eigenvalue weighted by Crippen LogP contribution is -2.22. The van der Waals surface area contributed by atoms with Gasteiger partial charge in [-0.05, 0) is 53.0 Å². The lowest BCUT2D eigenvalue weighted by atomic mass is 10.1. The first kappa shape index (κ1) is 18.5. The van der Waals surface area contributed by atoms with Gasteiger partial charge in [-0.2, -0.15) is 0 Å². The molecule has 1 saturated heterocycles. The van der Waals surface area contributed by atoms with E-state index in [1.807, 2.05) is 6.07 Å². The van der Waals surface area contributed by atoms with Gasteiger partial charge in [0.2, 0.25) is 0 Å². The number of carbonyl (C=O) groups excluding carboxylic acids is 1. The molecule has 0 bridgehead atoms. The van der Waals surface area contributed by atoms with Crippen molar-refractivity contribution in [2.45, 2.75) is 12.8 Å². The van der Waals surface area contributed by atoms with Crippen molar-refractivity contribution in [3.63, 3.8) is 0 Å². The van der Waals surface area contributed by atoms with Crippen LogP contribution in [0.4, 0.5) is 15.8 Å². The number of para-hydroxylation sites is 1. The molecule has 0 radical (unpaired) electrons. The Labute approximate surface area is 160 Å². The Balaban J connectivity index is 1.94. The van der Waals surface area contributed by atoms with E-state index >= 15 is 0 Å². The van der Waals surface area contributed by atoms with Crippen LogP contribution in [-0.2, 0) is 0 Å². The zero-order chi connectivity index (χ0) is 18.7. The molecule has 7 heteroatoms. The normalized spacial score (nSPS) is 13.6. The lowest BCUT2D eigenvalue weighted by Gasteiger charge is -2.22. The Morgan fingerprint density at radius 1 is 1.15 bits per heavy atom. The average Bonchev–Trinajstić information content (AvgIpc) is 3.18. The molecule has 1 amide bonds. The number of nitrogens with one attached hydrogen (secondary N) is 1. The number of nitrogens with zero attached hydrogens (tertiary/aromatic N) is 1. The highest BCUT2D eigenvalue weighted by Gasteiger charge is 2.21. The van der Waals surface area contributed by atoms with Crippen molar-refractivity contribution in [3.05, 3.63) is 46.2 Å². The van der Waals surface area contributed by atoms with E-state index in [9.17, 15) is 9.18 Å². The number of halogens is 2. The summed E-state index contributed by atoms with van der Waals surface area (Å²) in [4.78, 5) is 14.8. The summed E-state index contributed by atoms with van der Waals surface area (Å²) in [5.74, 6) is 0.0315. The number of anilines is 2. The van der Waals surface area contributed by atoms with E-state index in [0.29, 0.717) is 27.2 Å². The minimum absolute atomic E-state index is 0.195. The minimum Gasteiger partial charge on any atom is -0.495 e. The highest BCUT2D eigenvalue weighted by Crippen LogP contribution is 2.36. The highest BCUT2D eigenvalue weighted by atomic mass is 79.9. The van der Waals surface area contributed by atoms with Crippen LogP contribution in [0.3, 0.4) is 0 Å². The summed E-state index contributed by atoms with van der Waals surface area (Å²) in [7, 11) is 3.01. The van der Waals surface area contributed by atoms with E-state index in [1.165, 1.54) is 20.3 Å². The molecule has 26 heavy (non-hydrogen) atoms. The quantitative estimate of drug-likeness (QED) is 0.772. The summed E-state index contributed by atoms with van der Waals surface area (Å²) < 4.78 is 25.6. The molecule has 3 rings (SSSR count). The summed E-state index contributed by atoms with van der Waals surface area (Å²) in [6, 6.07) is 7.99. The van der Waals surface area contributed by atoms with Crippen LogP contribution >= 0.6 is 15.9 Å². The molecule has 1 heterocycles. The van der Waals surface area contributed by atoms with Gasteiger partial charge in [0.15, 0.2) is 0 Å². The third-order valence-electron chi connectivity index (χ3n) is 4.38. The SMILES string of the molecule is COc1cc(C(=O)Nc2c(F)cccc2N2CCCC2)cc(OC)c1Br. The second kappa shape index (κ2) is 7.95. The second-order valence-electron chi connectivity index (χ2n) is 5.98. The van der Waals surface area contributed by atoms with Crippen LogP contribution in [-0.4, -0.2) is 33.2 Å². The third kappa shape index (κ3) is 3.62. The van der Waals surface area contributed by atoms with E-state index in [0.717, 1.165) is 25.9 Å². The molecule has 0 atom stereocenters. The Morgan fingerprint density at radius 2 is 1.77 bits per heavy atom. The molecular weight excluding hydrogens is 403 g/mol. The predicted molar refractivity (Wildman–Crippen MR) is 103 cm³/mol. The van der Waals surface area contributed by atoms with Gasteiger partial charge in [-0.15, -0.1) is 0 Å². The van der Waals surface area contributed by atoms with Gasteiger partial charge in [-0.25, -0.2) is 4.39 Å². The van der Waals surface area contributed by atoms with Crippen LogP contribution in [0.5, 0.6) is 11.5 Å². The van der Waals surface area contributed by atoms with Crippen LogP contribution in [0.15, 0.2) is 34.8 Å². The first-order valence-corrected chi connectivity index (χ1v) is 9.10. The summed E-state index contributed by atoms with van der Waals surface area (Å²) in [6.45, 7) is 1.71. The Bertz CT molecular complexity index is 797. The largest absolute Gasteiger partial charge is 0.495 e. The van der Waals surface area contributed by atoms with Crippen molar-refractivity contribution in [2.75, 3.05) is 37.5 Å². The van der Waals surface area contributed by atoms with Gasteiger partial charge >= 0.3 is 0 Å². The monoisotopic (exact) mass is 422 g/mol. The van der Waals surface area contributed by atoms with Crippen LogP contribution in [0.1, 0.15) is 23.2 Å². The molecule has 0 unspecified atom stereocenters. The van der Waals surface area contributed by atoms with Crippen LogP contribution in [0, 0.1) is 5.82 Å². The molecule has 2 aromatic carbocycles. The van der Waals surface area contributed by atoms with Crippen molar-refractivity contribution in [1.82, 2.24) is 0 Å². The minimum atomic E-state index is -0.459. The van der Waals surface area contributed by atoms with Crippen molar-refractivity contribution >= 4 is 33.2 Å². The van der Waals surface area contributed by atoms with Gasteiger partial charge in [0.05, 0.1) is 19.9 Å². The Hall–Kier alpha value is -2.28. The van der Waals surface area contributed by atoms with Crippen molar-refractivity contribution in [2.24, 2.45) is 0 Å². The van der Waals surface area contributed by atoms with Gasteiger partial charge in [0.1, 0.15) is 27.5 Å². The Morgan fingerprint density at radius 3 is 2.35 bits per heavy atom. The zero-order valence-corrected chi connectivity index (χ0v) is 16.2. The molecule has 0 aromatic heterocycles. The van der Waals surface area contributed by atoms with Crippen LogP contribution in [0.2, 0.25) is 0 Å². The van der Waals surface area contributed by atoms with Crippen LogP contribution in [0.25, 0.3) is 0 Å². The molecule has 1 fully saturated rings. The molecular formula is C19H20BrFN2O3. The number of ether oxygens (including phenoxy) is 2. The second-order valence-corrected chi connectivity index (χ2v) is 6.77. The number of rotatable bonds is 5. The third-order valence-corrected chi connectivity index (χ3v) is 5.17. The van der Waals surface area contributed by atoms with E-state index in [4.69, 9.17) is 9.47 Å². The first-order valence-electron chi connectivity index (χ1n) is 8.31. The van der Waals surface area contributed by atoms with Crippen molar-refractivity contribution in [3.8, 4) is 11.5 Å². The predicted octanol–water partition coefficient (Wildman–Crippen LogP) is 4.46. The molecule has 1 aliphatic heterocycles. The number of benzene rings is 2. The van der Waals surface area contributed by atoms with Crippen LogP contribution < -0.4 is 19.7 Å². The molecule has 138 valence electrons. The molecule has 1 aliphatic rings. The molecule has 0 spiro atoms. The topological polar surface area (TPSA) is 50.8 Å². The van der Waals surface area contributed by atoms with Gasteiger partial charge < -0.3 is 19.7 Å². The summed E-state index contributed by atoms with van der Waals surface area (Å²) in [5, 5.41) is 2.71. The molecule has 2 aromatic rings. The number of carbonyl (C=O) groups is 1. The zero-order valence-electron chi connectivity index (χ0n) is 14.6. The Kier molecular flexibility index (Phi) is 5.66. The molecule has 0 aliphatic carbocycles. The lowest BCUT2D eigenvalue weighted by molar-refractivity contribution is 0.102. The average molecular weight is 423 g/mol. The summed E-state index contributed by atoms with van der Waals surface area (Å²) in [5.41, 5.74) is 1.21. The van der Waals surface area contributed by atoms with E-state index < -0.39 is 11.7 Å². The fourth-order valence-electron chi connectivity index (χ4n) is 3.04. The first-order chi connectivity index (χ1) is 12.5. The molecule has 5 nitrogen and oxygen atoms in total. The van der Waals surface area contributed by atoms with E-state index in [1.54, 1.807) is 18.2 Å². The van der Waals surface area contributed by atoms with E-state index in [2.05, 4.69) is 26.1 Å². The maximum Gasteiger partial charge on any atom is 0.256 e. The standard InChI is InChI=1S/C19H20BrFN2O3/c1-25-15-10-12(11-16(26-2)17(15)20)19(24)22-18-13(21)6-5-7-14(18)23-8-3-4-9-23/h5-7,10-11H,3-4,8-9H2,1-2H3,(H,22,24). The van der Waals surface area contributed by atoms with Crippen molar-refractivity contribution in [1.29, 1.82) is 0 Å². The fraction of sp³-hybridized carbons (Fsp3) is 0.316.